The SMILES string of the molecule is Cn1cc(-c2cccc(C(F)(F)F)c2)c(=O)c(-c2ccc(Cl)c(Cl)c2)c1. The predicted octanol–water partition coefficient (Wildman–Crippen LogP) is 6.04. The Balaban J connectivity index is 2.20. The lowest BCUT2D eigenvalue weighted by molar-refractivity contribution is -0.137. The summed E-state index contributed by atoms with van der Waals surface area (Å²) in [7, 11) is 1.69. The van der Waals surface area contributed by atoms with E-state index in [9.17, 15) is 18.0 Å². The quantitative estimate of drug-likeness (QED) is 0.516. The van der Waals surface area contributed by atoms with Crippen molar-refractivity contribution < 1.29 is 13.2 Å². The third kappa shape index (κ3) is 3.64. The molecule has 0 aliphatic rings. The highest BCUT2D eigenvalue weighted by Crippen LogP contribution is 2.32. The monoisotopic (exact) mass is 397 g/mol. The molecule has 0 aliphatic heterocycles. The van der Waals surface area contributed by atoms with Crippen molar-refractivity contribution in [3.63, 3.8) is 0 Å². The Morgan fingerprint density at radius 2 is 1.50 bits per heavy atom. The molecule has 0 fully saturated rings. The van der Waals surface area contributed by atoms with E-state index in [0.29, 0.717) is 16.1 Å². The number of halogens is 5. The van der Waals surface area contributed by atoms with Crippen LogP contribution in [0.2, 0.25) is 10.0 Å². The van der Waals surface area contributed by atoms with Crippen molar-refractivity contribution in [3.8, 4) is 22.3 Å². The lowest BCUT2D eigenvalue weighted by Gasteiger charge is -2.12. The first-order valence-corrected chi connectivity index (χ1v) is 8.26. The Kier molecular flexibility index (Phi) is 4.86. The smallest absolute Gasteiger partial charge is 0.356 e. The molecule has 3 rings (SSSR count). The first-order chi connectivity index (χ1) is 12.2. The highest BCUT2D eigenvalue weighted by Gasteiger charge is 2.30. The summed E-state index contributed by atoms with van der Waals surface area (Å²) in [6, 6.07) is 9.45. The maximum atomic E-state index is 13.0. The van der Waals surface area contributed by atoms with Crippen molar-refractivity contribution in [2.45, 2.75) is 6.18 Å². The third-order valence-electron chi connectivity index (χ3n) is 3.89. The van der Waals surface area contributed by atoms with E-state index in [-0.39, 0.29) is 21.6 Å². The Morgan fingerprint density at radius 1 is 0.885 bits per heavy atom. The van der Waals surface area contributed by atoms with Crippen LogP contribution in [0.25, 0.3) is 22.3 Å². The molecule has 0 N–H and O–H groups in total. The van der Waals surface area contributed by atoms with Crippen LogP contribution in [0.1, 0.15) is 5.56 Å². The maximum absolute atomic E-state index is 13.0. The lowest BCUT2D eigenvalue weighted by atomic mass is 9.99. The molecular weight excluding hydrogens is 386 g/mol. The van der Waals surface area contributed by atoms with Crippen molar-refractivity contribution >= 4 is 23.2 Å². The van der Waals surface area contributed by atoms with E-state index >= 15 is 0 Å². The summed E-state index contributed by atoms with van der Waals surface area (Å²) >= 11 is 11.9. The molecule has 1 heterocycles. The van der Waals surface area contributed by atoms with Gasteiger partial charge in [-0.3, -0.25) is 4.79 Å². The molecule has 26 heavy (non-hydrogen) atoms. The highest BCUT2D eigenvalue weighted by atomic mass is 35.5. The van der Waals surface area contributed by atoms with E-state index < -0.39 is 11.7 Å². The molecule has 0 saturated heterocycles. The zero-order chi connectivity index (χ0) is 19.1. The minimum absolute atomic E-state index is 0.169. The molecule has 0 spiro atoms. The number of benzene rings is 2. The van der Waals surface area contributed by atoms with Gasteiger partial charge in [0.1, 0.15) is 0 Å². The van der Waals surface area contributed by atoms with E-state index in [2.05, 4.69) is 0 Å². The summed E-state index contributed by atoms with van der Waals surface area (Å²) in [6.07, 6.45) is -1.39. The topological polar surface area (TPSA) is 22.0 Å². The molecule has 1 aromatic heterocycles. The number of alkyl halides is 3. The highest BCUT2D eigenvalue weighted by molar-refractivity contribution is 6.42. The summed E-state index contributed by atoms with van der Waals surface area (Å²) in [4.78, 5) is 12.9. The molecule has 0 atom stereocenters. The van der Waals surface area contributed by atoms with Gasteiger partial charge in [0.05, 0.1) is 15.6 Å². The van der Waals surface area contributed by atoms with Crippen molar-refractivity contribution in [2.75, 3.05) is 0 Å². The van der Waals surface area contributed by atoms with Gasteiger partial charge in [0.15, 0.2) is 5.43 Å². The second-order valence-electron chi connectivity index (χ2n) is 5.79. The average Bonchev–Trinajstić information content (AvgIpc) is 2.58. The van der Waals surface area contributed by atoms with Crippen LogP contribution in [0.3, 0.4) is 0 Å². The second kappa shape index (κ2) is 6.82. The largest absolute Gasteiger partial charge is 0.416 e. The van der Waals surface area contributed by atoms with Gasteiger partial charge in [-0.1, -0.05) is 41.4 Å². The Morgan fingerprint density at radius 3 is 2.08 bits per heavy atom. The van der Waals surface area contributed by atoms with E-state index in [1.807, 2.05) is 0 Å². The van der Waals surface area contributed by atoms with Crippen molar-refractivity contribution in [2.24, 2.45) is 7.05 Å². The summed E-state index contributed by atoms with van der Waals surface area (Å²) in [5.74, 6) is 0. The van der Waals surface area contributed by atoms with Gasteiger partial charge in [0.2, 0.25) is 0 Å². The molecule has 134 valence electrons. The standard InChI is InChI=1S/C19H12Cl2F3NO/c1-25-9-14(11-3-2-4-13(7-11)19(22,23)24)18(26)15(10-25)12-5-6-16(20)17(21)8-12/h2-10H,1H3. The van der Waals surface area contributed by atoms with Gasteiger partial charge in [0.25, 0.3) is 0 Å². The molecule has 7 heteroatoms. The lowest BCUT2D eigenvalue weighted by Crippen LogP contribution is -2.12. The number of pyridine rings is 1. The third-order valence-corrected chi connectivity index (χ3v) is 4.63. The van der Waals surface area contributed by atoms with Crippen LogP contribution in [0, 0.1) is 0 Å². The normalized spacial score (nSPS) is 11.6. The van der Waals surface area contributed by atoms with Gasteiger partial charge >= 0.3 is 6.18 Å². The molecule has 2 aromatic carbocycles. The van der Waals surface area contributed by atoms with Gasteiger partial charge in [-0.15, -0.1) is 0 Å². The minimum atomic E-state index is -4.48. The second-order valence-corrected chi connectivity index (χ2v) is 6.60. The van der Waals surface area contributed by atoms with Gasteiger partial charge in [-0.2, -0.15) is 13.2 Å². The fraction of sp³-hybridized carbons (Fsp3) is 0.105. The Labute approximate surface area is 157 Å². The molecular formula is C19H12Cl2F3NO. The molecule has 2 nitrogen and oxygen atoms in total. The molecule has 0 amide bonds. The van der Waals surface area contributed by atoms with Gasteiger partial charge in [-0.25, -0.2) is 0 Å². The number of nitrogens with zero attached hydrogens (tertiary/aromatic N) is 1. The number of rotatable bonds is 2. The van der Waals surface area contributed by atoms with Crippen LogP contribution >= 0.6 is 23.2 Å². The predicted molar refractivity (Wildman–Crippen MR) is 97.6 cm³/mol. The van der Waals surface area contributed by atoms with Crippen molar-refractivity contribution in [1.82, 2.24) is 4.57 Å². The van der Waals surface area contributed by atoms with E-state index in [4.69, 9.17) is 23.2 Å². The molecule has 0 radical (unpaired) electrons. The number of aryl methyl sites for hydroxylation is 1. The zero-order valence-electron chi connectivity index (χ0n) is 13.4. The van der Waals surface area contributed by atoms with Gasteiger partial charge in [-0.05, 0) is 35.4 Å². The van der Waals surface area contributed by atoms with Crippen LogP contribution in [-0.4, -0.2) is 4.57 Å². The van der Waals surface area contributed by atoms with Crippen molar-refractivity contribution in [3.05, 3.63) is 80.7 Å². The summed E-state index contributed by atoms with van der Waals surface area (Å²) in [5.41, 5.74) is 0.0251. The van der Waals surface area contributed by atoms with Crippen LogP contribution in [0.5, 0.6) is 0 Å². The fourth-order valence-electron chi connectivity index (χ4n) is 2.64. The number of aromatic nitrogens is 1. The summed E-state index contributed by atoms with van der Waals surface area (Å²) in [6.45, 7) is 0. The number of hydrogen-bond donors (Lipinski definition) is 0. The minimum Gasteiger partial charge on any atom is -0.356 e. The van der Waals surface area contributed by atoms with Gasteiger partial charge in [0, 0.05) is 30.6 Å². The maximum Gasteiger partial charge on any atom is 0.416 e. The Hall–Kier alpha value is -2.24. The van der Waals surface area contributed by atoms with E-state index in [1.165, 1.54) is 18.3 Å². The van der Waals surface area contributed by atoms with Crippen LogP contribution in [0.15, 0.2) is 59.7 Å². The van der Waals surface area contributed by atoms with E-state index in [0.717, 1.165) is 12.1 Å². The zero-order valence-corrected chi connectivity index (χ0v) is 15.0. The molecule has 3 aromatic rings. The average molecular weight is 398 g/mol. The summed E-state index contributed by atoms with van der Waals surface area (Å²) < 4.78 is 40.6. The fourth-order valence-corrected chi connectivity index (χ4v) is 2.94. The van der Waals surface area contributed by atoms with E-state index in [1.54, 1.807) is 36.0 Å². The molecule has 0 bridgehead atoms. The number of hydrogen-bond acceptors (Lipinski definition) is 1. The van der Waals surface area contributed by atoms with Crippen LogP contribution in [0.4, 0.5) is 13.2 Å². The first kappa shape index (κ1) is 18.5. The first-order valence-electron chi connectivity index (χ1n) is 7.50. The van der Waals surface area contributed by atoms with Gasteiger partial charge < -0.3 is 4.57 Å². The molecule has 0 saturated carbocycles. The Bertz CT molecular complexity index is 1040. The van der Waals surface area contributed by atoms with Crippen LogP contribution < -0.4 is 5.43 Å². The molecule has 0 aliphatic carbocycles. The summed E-state index contributed by atoms with van der Waals surface area (Å²) in [5, 5.41) is 0.636. The van der Waals surface area contributed by atoms with Crippen LogP contribution in [-0.2, 0) is 13.2 Å². The molecule has 0 unspecified atom stereocenters. The van der Waals surface area contributed by atoms with Crippen molar-refractivity contribution in [1.29, 1.82) is 0 Å².